The lowest BCUT2D eigenvalue weighted by Gasteiger charge is -2.16. The highest BCUT2D eigenvalue weighted by molar-refractivity contribution is 6.03. The first-order chi connectivity index (χ1) is 16.8. The summed E-state index contributed by atoms with van der Waals surface area (Å²) in [5, 5.41) is 6.19. The number of carbonyl (C=O) groups is 1. The molecule has 2 aromatic rings. The second kappa shape index (κ2) is 12.7. The lowest BCUT2D eigenvalue weighted by molar-refractivity contribution is -0.133. The molecule has 0 saturated carbocycles. The predicted octanol–water partition coefficient (Wildman–Crippen LogP) is 3.74. The van der Waals surface area contributed by atoms with Crippen LogP contribution in [0, 0.1) is 11.8 Å². The molecule has 0 bridgehead atoms. The Morgan fingerprint density at radius 1 is 1.31 bits per heavy atom. The Morgan fingerprint density at radius 2 is 2.14 bits per heavy atom. The van der Waals surface area contributed by atoms with Gasteiger partial charge in [-0.05, 0) is 26.6 Å². The van der Waals surface area contributed by atoms with Gasteiger partial charge in [-0.15, -0.1) is 0 Å². The zero-order valence-electron chi connectivity index (χ0n) is 19.4. The van der Waals surface area contributed by atoms with E-state index in [1.165, 1.54) is 18.5 Å². The Kier molecular flexibility index (Phi) is 9.46. The van der Waals surface area contributed by atoms with Crippen LogP contribution in [0.1, 0.15) is 12.8 Å². The van der Waals surface area contributed by atoms with Gasteiger partial charge in [0.1, 0.15) is 24.5 Å². The standard InChI is InChI=1S/C24H26F3N5O3/c1-32(2)10-6-9-22(33)30-20-13-16-19(14-21(20)34-11-12-35-24(26)27)28-15-29-23(16)31-18-8-5-3-4-7-17(18)25/h6,8-9,13-15,17,24H,3,5,10-12H2,1-2H3,(H,30,33)(H,28,29,31)/b9-6+. The van der Waals surface area contributed by atoms with E-state index in [4.69, 9.17) is 4.74 Å². The van der Waals surface area contributed by atoms with E-state index in [-0.39, 0.29) is 30.3 Å². The van der Waals surface area contributed by atoms with Crippen molar-refractivity contribution in [2.75, 3.05) is 44.5 Å². The van der Waals surface area contributed by atoms with Crippen molar-refractivity contribution < 1.29 is 27.4 Å². The maximum atomic E-state index is 14.4. The highest BCUT2D eigenvalue weighted by atomic mass is 19.3. The van der Waals surface area contributed by atoms with Gasteiger partial charge in [0.2, 0.25) is 5.91 Å². The summed E-state index contributed by atoms with van der Waals surface area (Å²) in [4.78, 5) is 22.8. The zero-order chi connectivity index (χ0) is 25.2. The molecule has 0 radical (unpaired) electrons. The number of anilines is 2. The van der Waals surface area contributed by atoms with E-state index in [0.717, 1.165) is 0 Å². The van der Waals surface area contributed by atoms with Crippen LogP contribution in [0.15, 0.2) is 42.4 Å². The number of hydrogen-bond donors (Lipinski definition) is 2. The first-order valence-corrected chi connectivity index (χ1v) is 10.9. The molecule has 186 valence electrons. The molecule has 2 N–H and O–H groups in total. The maximum absolute atomic E-state index is 14.4. The first kappa shape index (κ1) is 26.0. The number of fused-ring (bicyclic) bond motifs is 1. The van der Waals surface area contributed by atoms with E-state index < -0.39 is 18.7 Å². The molecule has 1 amide bonds. The van der Waals surface area contributed by atoms with Gasteiger partial charge in [-0.1, -0.05) is 24.0 Å². The molecule has 1 aromatic heterocycles. The van der Waals surface area contributed by atoms with E-state index in [0.29, 0.717) is 36.1 Å². The van der Waals surface area contributed by atoms with Crippen molar-refractivity contribution >= 4 is 28.3 Å². The number of hydrogen-bond acceptors (Lipinski definition) is 7. The summed E-state index contributed by atoms with van der Waals surface area (Å²) < 4.78 is 48.8. The number of alkyl halides is 3. The zero-order valence-corrected chi connectivity index (χ0v) is 19.4. The summed E-state index contributed by atoms with van der Waals surface area (Å²) in [6.07, 6.45) is 5.74. The summed E-state index contributed by atoms with van der Waals surface area (Å²) in [5.41, 5.74) is 0.971. The Labute approximate surface area is 201 Å². The second-order valence-corrected chi connectivity index (χ2v) is 7.73. The molecule has 1 aromatic carbocycles. The molecule has 0 aliphatic heterocycles. The van der Waals surface area contributed by atoms with Crippen LogP contribution in [0.3, 0.4) is 0 Å². The quantitative estimate of drug-likeness (QED) is 0.283. The van der Waals surface area contributed by atoms with Crippen molar-refractivity contribution in [3.8, 4) is 17.6 Å². The molecule has 1 heterocycles. The lowest BCUT2D eigenvalue weighted by Crippen LogP contribution is -2.15. The van der Waals surface area contributed by atoms with Crippen molar-refractivity contribution in [3.05, 3.63) is 42.4 Å². The van der Waals surface area contributed by atoms with Crippen LogP contribution in [0.25, 0.3) is 10.9 Å². The van der Waals surface area contributed by atoms with E-state index in [2.05, 4.69) is 37.2 Å². The molecule has 0 saturated heterocycles. The van der Waals surface area contributed by atoms with Gasteiger partial charge in [-0.25, -0.2) is 14.4 Å². The second-order valence-electron chi connectivity index (χ2n) is 7.73. The number of nitrogens with zero attached hydrogens (tertiary/aromatic N) is 3. The van der Waals surface area contributed by atoms with Gasteiger partial charge in [0.25, 0.3) is 0 Å². The van der Waals surface area contributed by atoms with Gasteiger partial charge in [0, 0.05) is 30.5 Å². The summed E-state index contributed by atoms with van der Waals surface area (Å²) in [5.74, 6) is 5.40. The molecule has 0 fully saturated rings. The summed E-state index contributed by atoms with van der Waals surface area (Å²) in [6.45, 7) is -2.89. The first-order valence-electron chi connectivity index (χ1n) is 10.9. The molecule has 1 atom stereocenters. The molecule has 8 nitrogen and oxygen atoms in total. The fraction of sp³-hybridized carbons (Fsp3) is 0.375. The van der Waals surface area contributed by atoms with E-state index in [1.54, 1.807) is 18.2 Å². The number of allylic oxidation sites excluding steroid dienone is 2. The Balaban J connectivity index is 1.91. The fourth-order valence-corrected chi connectivity index (χ4v) is 3.13. The average Bonchev–Trinajstić information content (AvgIpc) is 3.00. The largest absolute Gasteiger partial charge is 0.489 e. The number of carbonyl (C=O) groups excluding carboxylic acids is 1. The van der Waals surface area contributed by atoms with Crippen LogP contribution in [0.4, 0.5) is 24.7 Å². The number of benzene rings is 1. The van der Waals surface area contributed by atoms with E-state index >= 15 is 0 Å². The molecular weight excluding hydrogens is 463 g/mol. The van der Waals surface area contributed by atoms with Crippen molar-refractivity contribution in [1.82, 2.24) is 14.9 Å². The number of nitrogens with one attached hydrogen (secondary N) is 2. The molecule has 1 aliphatic rings. The monoisotopic (exact) mass is 489 g/mol. The number of likely N-dealkylation sites (N-methyl/N-ethyl adjacent to an activating group) is 1. The van der Waals surface area contributed by atoms with E-state index in [1.807, 2.05) is 19.0 Å². The molecule has 11 heteroatoms. The third-order valence-electron chi connectivity index (χ3n) is 4.72. The van der Waals surface area contributed by atoms with Gasteiger partial charge >= 0.3 is 6.61 Å². The minimum atomic E-state index is -2.92. The summed E-state index contributed by atoms with van der Waals surface area (Å²) in [7, 11) is 3.73. The molecular formula is C24H26F3N5O3. The Hall–Kier alpha value is -3.62. The summed E-state index contributed by atoms with van der Waals surface area (Å²) in [6, 6.07) is 3.12. The van der Waals surface area contributed by atoms with Crippen LogP contribution in [0.5, 0.6) is 5.75 Å². The van der Waals surface area contributed by atoms with E-state index in [9.17, 15) is 18.0 Å². The molecule has 1 aliphatic carbocycles. The number of amides is 1. The molecule has 0 spiro atoms. The van der Waals surface area contributed by atoms with Crippen molar-refractivity contribution in [3.63, 3.8) is 0 Å². The number of halogens is 3. The molecule has 1 unspecified atom stereocenters. The number of aromatic nitrogens is 2. The Morgan fingerprint density at radius 3 is 2.91 bits per heavy atom. The van der Waals surface area contributed by atoms with Crippen LogP contribution in [-0.4, -0.2) is 67.4 Å². The SMILES string of the molecule is CN(C)C/C=C/C(=O)Nc1cc2c(NC3=CCCC#CC3F)ncnc2cc1OCCOC(F)F. The molecule has 3 rings (SSSR count). The van der Waals surface area contributed by atoms with Gasteiger partial charge in [0.05, 0.1) is 23.5 Å². The van der Waals surface area contributed by atoms with Gasteiger partial charge < -0.3 is 25.0 Å². The van der Waals surface area contributed by atoms with Gasteiger partial charge in [-0.3, -0.25) is 4.79 Å². The minimum absolute atomic E-state index is 0.180. The van der Waals surface area contributed by atoms with Crippen LogP contribution >= 0.6 is 0 Å². The van der Waals surface area contributed by atoms with Crippen LogP contribution < -0.4 is 15.4 Å². The predicted molar refractivity (Wildman–Crippen MR) is 127 cm³/mol. The highest BCUT2D eigenvalue weighted by Gasteiger charge is 2.17. The Bertz CT molecular complexity index is 1160. The normalized spacial score (nSPS) is 15.6. The third-order valence-corrected chi connectivity index (χ3v) is 4.72. The van der Waals surface area contributed by atoms with Crippen LogP contribution in [0.2, 0.25) is 0 Å². The van der Waals surface area contributed by atoms with Crippen molar-refractivity contribution in [2.45, 2.75) is 25.6 Å². The summed E-state index contributed by atoms with van der Waals surface area (Å²) >= 11 is 0. The number of rotatable bonds is 11. The third kappa shape index (κ3) is 7.98. The van der Waals surface area contributed by atoms with Crippen LogP contribution in [-0.2, 0) is 9.53 Å². The minimum Gasteiger partial charge on any atom is -0.489 e. The topological polar surface area (TPSA) is 88.6 Å². The smallest absolute Gasteiger partial charge is 0.345 e. The van der Waals surface area contributed by atoms with Gasteiger partial charge in [0.15, 0.2) is 6.17 Å². The molecule has 35 heavy (non-hydrogen) atoms. The van der Waals surface area contributed by atoms with Crippen molar-refractivity contribution in [1.29, 1.82) is 0 Å². The highest BCUT2D eigenvalue weighted by Crippen LogP contribution is 2.33. The maximum Gasteiger partial charge on any atom is 0.345 e. The fourth-order valence-electron chi connectivity index (χ4n) is 3.13. The number of ether oxygens (including phenoxy) is 2. The van der Waals surface area contributed by atoms with Gasteiger partial charge in [-0.2, -0.15) is 8.78 Å². The van der Waals surface area contributed by atoms with Crippen molar-refractivity contribution in [2.24, 2.45) is 0 Å². The lowest BCUT2D eigenvalue weighted by atomic mass is 10.1. The average molecular weight is 489 g/mol.